The molecule has 0 amide bonds. The first kappa shape index (κ1) is 37.7. The van der Waals surface area contributed by atoms with E-state index in [9.17, 15) is 19.8 Å². The number of hydrogen-bond donors (Lipinski definition) is 2. The molecule has 0 radical (unpaired) electrons. The predicted molar refractivity (Wildman–Crippen MR) is 186 cm³/mol. The van der Waals surface area contributed by atoms with Crippen LogP contribution in [0.2, 0.25) is 0 Å². The van der Waals surface area contributed by atoms with Crippen molar-refractivity contribution in [3.8, 4) is 11.5 Å². The summed E-state index contributed by atoms with van der Waals surface area (Å²) in [5.41, 5.74) is 1.82. The number of nitrogens with zero attached hydrogens (tertiary/aromatic N) is 4. The van der Waals surface area contributed by atoms with Crippen LogP contribution in [-0.2, 0) is 19.0 Å². The third-order valence-corrected chi connectivity index (χ3v) is 9.96. The summed E-state index contributed by atoms with van der Waals surface area (Å²) in [6.07, 6.45) is 10.1. The first-order valence-electron chi connectivity index (χ1n) is 17.3. The van der Waals surface area contributed by atoms with Gasteiger partial charge in [-0.05, 0) is 61.3 Å². The monoisotopic (exact) mass is 708 g/mol. The molecule has 2 aliphatic carbocycles. The van der Waals surface area contributed by atoms with E-state index >= 15 is 0 Å². The van der Waals surface area contributed by atoms with Crippen LogP contribution < -0.4 is 9.47 Å². The molecule has 14 nitrogen and oxygen atoms in total. The summed E-state index contributed by atoms with van der Waals surface area (Å²) < 4.78 is 31.3. The minimum atomic E-state index is -1.54. The third-order valence-electron chi connectivity index (χ3n) is 9.96. The van der Waals surface area contributed by atoms with Crippen molar-refractivity contribution in [1.82, 2.24) is 15.0 Å². The Labute approximate surface area is 297 Å². The Morgan fingerprint density at radius 3 is 2.43 bits per heavy atom. The maximum Gasteiger partial charge on any atom is 0.361 e. The average molecular weight is 709 g/mol. The van der Waals surface area contributed by atoms with E-state index in [2.05, 4.69) is 34.7 Å². The summed E-state index contributed by atoms with van der Waals surface area (Å²) in [7, 11) is 3.86. The Kier molecular flexibility index (Phi) is 12.7. The number of ether oxygens (including phenoxy) is 5. The van der Waals surface area contributed by atoms with Crippen molar-refractivity contribution in [1.29, 1.82) is 0 Å². The van der Waals surface area contributed by atoms with Gasteiger partial charge in [-0.25, -0.2) is 14.3 Å². The van der Waals surface area contributed by atoms with Gasteiger partial charge in [-0.2, -0.15) is 0 Å². The summed E-state index contributed by atoms with van der Waals surface area (Å²) in [5.74, 6) is -2.76. The van der Waals surface area contributed by atoms with Crippen LogP contribution in [0.4, 0.5) is 0 Å². The number of aliphatic hydroxyl groups excluding tert-OH is 2. The first-order valence-corrected chi connectivity index (χ1v) is 17.3. The van der Waals surface area contributed by atoms with Gasteiger partial charge in [0.15, 0.2) is 5.69 Å². The van der Waals surface area contributed by atoms with Crippen molar-refractivity contribution < 1.29 is 48.3 Å². The summed E-state index contributed by atoms with van der Waals surface area (Å²) in [4.78, 5) is 31.7. The van der Waals surface area contributed by atoms with E-state index in [1.165, 1.54) is 26.0 Å². The summed E-state index contributed by atoms with van der Waals surface area (Å²) in [5, 5.41) is 32.4. The zero-order chi connectivity index (χ0) is 36.5. The lowest BCUT2D eigenvalue weighted by Crippen LogP contribution is -2.63. The number of benzene rings is 1. The van der Waals surface area contributed by atoms with E-state index < -0.39 is 29.7 Å². The molecule has 0 spiro atoms. The summed E-state index contributed by atoms with van der Waals surface area (Å²) >= 11 is 0. The molecule has 0 bridgehead atoms. The van der Waals surface area contributed by atoms with Gasteiger partial charge in [0.2, 0.25) is 11.5 Å². The minimum Gasteiger partial charge on any atom is -0.490 e. The van der Waals surface area contributed by atoms with Crippen LogP contribution in [-0.4, -0.2) is 96.4 Å². The molecule has 2 N–H and O–H groups in total. The van der Waals surface area contributed by atoms with Gasteiger partial charge >= 0.3 is 11.9 Å². The van der Waals surface area contributed by atoms with Crippen molar-refractivity contribution in [3.05, 3.63) is 72.1 Å². The Morgan fingerprint density at radius 1 is 1.04 bits per heavy atom. The second-order valence-corrected chi connectivity index (χ2v) is 12.8. The number of aromatic nitrogens is 3. The van der Waals surface area contributed by atoms with Gasteiger partial charge in [-0.3, -0.25) is 0 Å². The topological polar surface area (TPSA) is 173 Å². The molecule has 14 heteroatoms. The van der Waals surface area contributed by atoms with Gasteiger partial charge < -0.3 is 38.7 Å². The molecule has 2 heterocycles. The zero-order valence-corrected chi connectivity index (χ0v) is 29.5. The van der Waals surface area contributed by atoms with E-state index in [4.69, 9.17) is 28.5 Å². The molecule has 2 aromatic rings. The molecule has 1 aliphatic heterocycles. The number of methoxy groups -OCH3 is 2. The summed E-state index contributed by atoms with van der Waals surface area (Å²) in [6.45, 7) is 8.25. The molecule has 3 aliphatic rings. The lowest BCUT2D eigenvalue weighted by atomic mass is 9.55. The average Bonchev–Trinajstić information content (AvgIpc) is 3.59. The van der Waals surface area contributed by atoms with Crippen molar-refractivity contribution in [2.75, 3.05) is 47.8 Å². The number of unbranched alkanes of at least 4 members (excludes halogenated alkanes) is 2. The zero-order valence-electron chi connectivity index (χ0n) is 29.5. The molecule has 1 fully saturated rings. The van der Waals surface area contributed by atoms with Gasteiger partial charge in [-0.15, -0.1) is 11.7 Å². The van der Waals surface area contributed by atoms with Crippen molar-refractivity contribution in [2.24, 2.45) is 22.9 Å². The molecule has 0 unspecified atom stereocenters. The lowest BCUT2D eigenvalue weighted by Gasteiger charge is -2.58. The third kappa shape index (κ3) is 7.30. The highest BCUT2D eigenvalue weighted by Crippen LogP contribution is 2.63. The van der Waals surface area contributed by atoms with E-state index in [1.54, 1.807) is 12.2 Å². The molecule has 5 rings (SSSR count). The van der Waals surface area contributed by atoms with Gasteiger partial charge in [0, 0.05) is 31.1 Å². The quantitative estimate of drug-likeness (QED) is 0.0959. The highest BCUT2D eigenvalue weighted by Gasteiger charge is 2.65. The first-order chi connectivity index (χ1) is 24.8. The molecule has 0 saturated heterocycles. The fraction of sp³-hybridized carbons (Fsp3) is 0.541. The van der Waals surface area contributed by atoms with Crippen LogP contribution in [0.15, 0.2) is 60.3 Å². The van der Waals surface area contributed by atoms with Crippen molar-refractivity contribution in [3.63, 3.8) is 0 Å². The van der Waals surface area contributed by atoms with Crippen LogP contribution in [0.5, 0.6) is 11.5 Å². The second-order valence-electron chi connectivity index (χ2n) is 12.8. The predicted octanol–water partition coefficient (Wildman–Crippen LogP) is 4.55. The number of hydrogen-bond acceptors (Lipinski definition) is 13. The molecule has 51 heavy (non-hydrogen) atoms. The molecular weight excluding hydrogens is 660 g/mol. The number of fused-ring (bicyclic) bond motifs is 2. The van der Waals surface area contributed by atoms with Gasteiger partial charge in [0.25, 0.3) is 0 Å². The fourth-order valence-corrected chi connectivity index (χ4v) is 7.97. The Balaban J connectivity index is 1.83. The maximum atomic E-state index is 13.4. The smallest absolute Gasteiger partial charge is 0.361 e. The molecule has 1 saturated carbocycles. The van der Waals surface area contributed by atoms with Crippen molar-refractivity contribution in [2.45, 2.75) is 62.7 Å². The number of rotatable bonds is 18. The Hall–Kier alpha value is -4.53. The number of aliphatic hydroxyl groups is 2. The number of esters is 2. The van der Waals surface area contributed by atoms with Crippen LogP contribution in [0.25, 0.3) is 0 Å². The van der Waals surface area contributed by atoms with Crippen molar-refractivity contribution >= 4 is 17.7 Å². The van der Waals surface area contributed by atoms with E-state index in [0.717, 1.165) is 36.8 Å². The normalized spacial score (nSPS) is 25.5. The molecule has 1 aromatic carbocycles. The fourth-order valence-electron chi connectivity index (χ4n) is 7.97. The van der Waals surface area contributed by atoms with Gasteiger partial charge in [0.05, 0.1) is 32.5 Å². The highest BCUT2D eigenvalue weighted by molar-refractivity contribution is 6.03. The molecule has 1 aromatic heterocycles. The van der Waals surface area contributed by atoms with Crippen LogP contribution in [0.3, 0.4) is 0 Å². The summed E-state index contributed by atoms with van der Waals surface area (Å²) in [6, 6.07) is 4.74. The number of allylic oxidation sites excluding steroid dienone is 1. The molecular formula is C37H48N4O10. The van der Waals surface area contributed by atoms with Crippen LogP contribution >= 0.6 is 0 Å². The van der Waals surface area contributed by atoms with Crippen LogP contribution in [0.1, 0.15) is 83.4 Å². The largest absolute Gasteiger partial charge is 0.490 e. The Bertz CT molecular complexity index is 1640. The highest BCUT2D eigenvalue weighted by atomic mass is 16.7. The van der Waals surface area contributed by atoms with Gasteiger partial charge in [0.1, 0.15) is 31.3 Å². The second kappa shape index (κ2) is 17.1. The standard InChI is InChI=1S/C37H48N4O10/c1-6-18-49-24-14-15-29-27(21-24)31-25(13-9-11-17-43)23(12-8-10-16-42)20-26-28(39-48-5)22-30(37(51-29,32(26)31)50-19-7-2)41-34(36(45)47-4)33(38-40-41)35(44)46-3/h6-7,14-15,20-21,23,25,30-32,42-43H,1-2,8-13,16-19,22H2,3-5H3/t23-,25+,30-,31+,32+,37+/m0/s1. The molecule has 6 atom stereocenters. The number of carbonyl (C=O) groups excluding carboxylic acids is 2. The minimum absolute atomic E-state index is 0.0250. The number of carbonyl (C=O) groups is 2. The lowest BCUT2D eigenvalue weighted by molar-refractivity contribution is -0.252. The van der Waals surface area contributed by atoms with E-state index in [1.807, 2.05) is 18.2 Å². The molecule has 276 valence electrons. The van der Waals surface area contributed by atoms with E-state index in [-0.39, 0.29) is 55.4 Å². The SMILES string of the molecule is C=CCOc1ccc2c(c1)[C@H]1[C@H](CCCCO)[C@@H](CCCCO)C=C3C(=NOC)C[C@H](n4nnc(C(=O)OC)c4C(=O)OC)[C@@](OCC=C)(O2)[C@H]31. The van der Waals surface area contributed by atoms with Gasteiger partial charge in [-0.1, -0.05) is 48.0 Å². The van der Waals surface area contributed by atoms with E-state index in [0.29, 0.717) is 36.7 Å². The van der Waals surface area contributed by atoms with Crippen LogP contribution in [0, 0.1) is 17.8 Å². The number of oxime groups is 1. The Morgan fingerprint density at radius 2 is 1.76 bits per heavy atom. The maximum absolute atomic E-state index is 13.4.